The number of benzene rings is 3. The first-order valence-electron chi connectivity index (χ1n) is 11.4. The molecule has 4 aromatic rings. The number of nitrogens with zero attached hydrogens (tertiary/aromatic N) is 3. The molecule has 0 fully saturated rings. The van der Waals surface area contributed by atoms with Gasteiger partial charge in [-0.2, -0.15) is 0 Å². The average molecular weight is 472 g/mol. The highest BCUT2D eigenvalue weighted by Gasteiger charge is 2.22. The number of hydrogen-bond donors (Lipinski definition) is 0. The lowest BCUT2D eigenvalue weighted by molar-refractivity contribution is 0.0983. The van der Waals surface area contributed by atoms with E-state index < -0.39 is 0 Å². The number of carbonyl (C=O) groups is 2. The number of carbonyl (C=O) groups excluding carboxylic acids is 2. The first kappa shape index (κ1) is 23.8. The number of fused-ring (bicyclic) bond motifs is 1. The zero-order valence-electron chi connectivity index (χ0n) is 20.0. The summed E-state index contributed by atoms with van der Waals surface area (Å²) in [5.41, 5.74) is 4.99. The van der Waals surface area contributed by atoms with Crippen LogP contribution < -0.4 is 4.90 Å². The summed E-state index contributed by atoms with van der Waals surface area (Å²) in [5, 5.41) is 0.705. The van der Waals surface area contributed by atoms with Crippen molar-refractivity contribution in [1.29, 1.82) is 0 Å². The third-order valence-corrected chi connectivity index (χ3v) is 6.93. The normalized spacial score (nSPS) is 11.2. The van der Waals surface area contributed by atoms with Gasteiger partial charge < -0.3 is 4.90 Å². The van der Waals surface area contributed by atoms with Crippen LogP contribution in [0.5, 0.6) is 0 Å². The van der Waals surface area contributed by atoms with E-state index in [-0.39, 0.29) is 11.7 Å². The first-order chi connectivity index (χ1) is 16.3. The second kappa shape index (κ2) is 10.3. The maximum atomic E-state index is 13.6. The Kier molecular flexibility index (Phi) is 7.20. The Bertz CT molecular complexity index is 1310. The van der Waals surface area contributed by atoms with E-state index in [1.54, 1.807) is 52.6 Å². The van der Waals surface area contributed by atoms with Gasteiger partial charge in [0.15, 0.2) is 10.9 Å². The van der Waals surface area contributed by atoms with Gasteiger partial charge in [-0.3, -0.25) is 14.5 Å². The van der Waals surface area contributed by atoms with E-state index in [1.807, 2.05) is 32.3 Å². The van der Waals surface area contributed by atoms with Gasteiger partial charge in [0.25, 0.3) is 5.91 Å². The van der Waals surface area contributed by atoms with Crippen molar-refractivity contribution in [1.82, 2.24) is 9.88 Å². The summed E-state index contributed by atoms with van der Waals surface area (Å²) in [7, 11) is 4.05. The third kappa shape index (κ3) is 5.24. The van der Waals surface area contributed by atoms with Crippen molar-refractivity contribution in [3.05, 3.63) is 94.5 Å². The lowest BCUT2D eigenvalue weighted by Gasteiger charge is -2.21. The molecule has 34 heavy (non-hydrogen) atoms. The standard InChI is InChI=1S/C28H29N3O2S/c1-19-17-20(2)26-24(18-19)29-28(34-26)31(16-8-15-30(3)4)27(33)23-13-11-22(12-14-23)25(32)21-9-6-5-7-10-21/h5-7,9-14,17-18H,8,15-16H2,1-4H3. The van der Waals surface area contributed by atoms with Crippen molar-refractivity contribution >= 4 is 38.4 Å². The minimum absolute atomic E-state index is 0.0561. The topological polar surface area (TPSA) is 53.5 Å². The van der Waals surface area contributed by atoms with Gasteiger partial charge in [-0.25, -0.2) is 4.98 Å². The smallest absolute Gasteiger partial charge is 0.260 e. The number of thiazole rings is 1. The Morgan fingerprint density at radius 2 is 1.50 bits per heavy atom. The average Bonchev–Trinajstić information content (AvgIpc) is 3.25. The Hall–Kier alpha value is -3.35. The predicted octanol–water partition coefficient (Wildman–Crippen LogP) is 5.74. The summed E-state index contributed by atoms with van der Waals surface area (Å²) in [6, 6.07) is 20.3. The summed E-state index contributed by atoms with van der Waals surface area (Å²) in [6.45, 7) is 5.58. The van der Waals surface area contributed by atoms with Gasteiger partial charge in [0, 0.05) is 23.2 Å². The van der Waals surface area contributed by atoms with E-state index in [9.17, 15) is 9.59 Å². The van der Waals surface area contributed by atoms with Crippen molar-refractivity contribution in [2.45, 2.75) is 20.3 Å². The molecule has 3 aromatic carbocycles. The lowest BCUT2D eigenvalue weighted by Crippen LogP contribution is -2.33. The highest BCUT2D eigenvalue weighted by atomic mass is 32.1. The van der Waals surface area contributed by atoms with Crippen LogP contribution in [-0.2, 0) is 0 Å². The summed E-state index contributed by atoms with van der Waals surface area (Å²) >= 11 is 1.55. The van der Waals surface area contributed by atoms with Gasteiger partial charge in [-0.05, 0) is 70.2 Å². The molecule has 1 aromatic heterocycles. The van der Waals surface area contributed by atoms with Crippen LogP contribution in [0.2, 0.25) is 0 Å². The minimum atomic E-state index is -0.106. The molecule has 1 heterocycles. The van der Waals surface area contributed by atoms with Crippen LogP contribution in [0, 0.1) is 13.8 Å². The number of aromatic nitrogens is 1. The minimum Gasteiger partial charge on any atom is -0.309 e. The van der Waals surface area contributed by atoms with E-state index >= 15 is 0 Å². The van der Waals surface area contributed by atoms with Crippen LogP contribution in [0.1, 0.15) is 43.8 Å². The molecule has 0 radical (unpaired) electrons. The van der Waals surface area contributed by atoms with Gasteiger partial charge in [0.1, 0.15) is 0 Å². The Morgan fingerprint density at radius 1 is 0.853 bits per heavy atom. The maximum absolute atomic E-state index is 13.6. The molecule has 5 nitrogen and oxygen atoms in total. The second-order valence-electron chi connectivity index (χ2n) is 8.81. The van der Waals surface area contributed by atoms with Gasteiger partial charge in [0.05, 0.1) is 10.2 Å². The molecule has 6 heteroatoms. The van der Waals surface area contributed by atoms with Crippen molar-refractivity contribution in [3.8, 4) is 0 Å². The zero-order chi connectivity index (χ0) is 24.2. The molecule has 174 valence electrons. The fourth-order valence-electron chi connectivity index (χ4n) is 3.99. The van der Waals surface area contributed by atoms with Crippen LogP contribution in [-0.4, -0.2) is 48.8 Å². The van der Waals surface area contributed by atoms with Crippen LogP contribution in [0.15, 0.2) is 66.7 Å². The number of hydrogen-bond acceptors (Lipinski definition) is 5. The summed E-state index contributed by atoms with van der Waals surface area (Å²) in [6.07, 6.45) is 0.831. The molecule has 4 rings (SSSR count). The van der Waals surface area contributed by atoms with Crippen molar-refractivity contribution < 1.29 is 9.59 Å². The van der Waals surface area contributed by atoms with Crippen LogP contribution >= 0.6 is 11.3 Å². The number of rotatable bonds is 8. The molecule has 0 bridgehead atoms. The lowest BCUT2D eigenvalue weighted by atomic mass is 10.0. The Labute approximate surface area is 204 Å². The number of ketones is 1. The largest absolute Gasteiger partial charge is 0.309 e. The predicted molar refractivity (Wildman–Crippen MR) is 140 cm³/mol. The molecule has 1 amide bonds. The fourth-order valence-corrected chi connectivity index (χ4v) is 5.03. The highest BCUT2D eigenvalue weighted by Crippen LogP contribution is 2.33. The van der Waals surface area contributed by atoms with Crippen molar-refractivity contribution in [2.24, 2.45) is 0 Å². The molecule has 0 unspecified atom stereocenters. The summed E-state index contributed by atoms with van der Waals surface area (Å²) in [5.74, 6) is -0.162. The monoisotopic (exact) mass is 471 g/mol. The number of aryl methyl sites for hydroxylation is 2. The fraction of sp³-hybridized carbons (Fsp3) is 0.250. The SMILES string of the molecule is Cc1cc(C)c2sc(N(CCCN(C)C)C(=O)c3ccc(C(=O)c4ccccc4)cc3)nc2c1. The zero-order valence-corrected chi connectivity index (χ0v) is 20.9. The molecular formula is C28H29N3O2S. The van der Waals surface area contributed by atoms with Crippen molar-refractivity contribution in [3.63, 3.8) is 0 Å². The summed E-state index contributed by atoms with van der Waals surface area (Å²) < 4.78 is 1.11. The molecule has 0 aliphatic carbocycles. The van der Waals surface area contributed by atoms with E-state index in [1.165, 1.54) is 5.56 Å². The van der Waals surface area contributed by atoms with Gasteiger partial charge >= 0.3 is 0 Å². The third-order valence-electron chi connectivity index (χ3n) is 5.70. The van der Waals surface area contributed by atoms with Crippen LogP contribution in [0.3, 0.4) is 0 Å². The Morgan fingerprint density at radius 3 is 2.18 bits per heavy atom. The van der Waals surface area contributed by atoms with E-state index in [0.29, 0.717) is 28.4 Å². The highest BCUT2D eigenvalue weighted by molar-refractivity contribution is 7.22. The van der Waals surface area contributed by atoms with E-state index in [2.05, 4.69) is 30.9 Å². The van der Waals surface area contributed by atoms with E-state index in [4.69, 9.17) is 4.98 Å². The molecule has 0 atom stereocenters. The number of anilines is 1. The molecule has 0 aliphatic rings. The van der Waals surface area contributed by atoms with Crippen LogP contribution in [0.25, 0.3) is 10.2 Å². The quantitative estimate of drug-likeness (QED) is 0.307. The Balaban J connectivity index is 1.63. The first-order valence-corrected chi connectivity index (χ1v) is 12.2. The molecular weight excluding hydrogens is 442 g/mol. The molecule has 0 spiro atoms. The maximum Gasteiger partial charge on any atom is 0.260 e. The second-order valence-corrected chi connectivity index (χ2v) is 9.79. The molecule has 0 aliphatic heterocycles. The van der Waals surface area contributed by atoms with Gasteiger partial charge in [-0.1, -0.05) is 59.9 Å². The molecule has 0 saturated carbocycles. The van der Waals surface area contributed by atoms with Crippen LogP contribution in [0.4, 0.5) is 5.13 Å². The number of amides is 1. The molecule has 0 saturated heterocycles. The van der Waals surface area contributed by atoms with Crippen molar-refractivity contribution in [2.75, 3.05) is 32.1 Å². The van der Waals surface area contributed by atoms with E-state index in [0.717, 1.165) is 28.7 Å². The van der Waals surface area contributed by atoms with Gasteiger partial charge in [-0.15, -0.1) is 0 Å². The summed E-state index contributed by atoms with van der Waals surface area (Å²) in [4.78, 5) is 35.0. The molecule has 0 N–H and O–H groups in total. The van der Waals surface area contributed by atoms with Gasteiger partial charge in [0.2, 0.25) is 0 Å².